The van der Waals surface area contributed by atoms with Crippen molar-refractivity contribution in [3.8, 4) is 22.6 Å². The van der Waals surface area contributed by atoms with Crippen LogP contribution in [0.3, 0.4) is 0 Å². The number of carbonyl (C=O) groups excluding carboxylic acids is 1. The minimum absolute atomic E-state index is 0.0196. The van der Waals surface area contributed by atoms with Gasteiger partial charge >= 0.3 is 0 Å². The Morgan fingerprint density at radius 1 is 1.12 bits per heavy atom. The van der Waals surface area contributed by atoms with Gasteiger partial charge in [0.05, 0.1) is 5.39 Å². The molecule has 1 amide bonds. The van der Waals surface area contributed by atoms with Gasteiger partial charge in [-0.05, 0) is 43.2 Å². The van der Waals surface area contributed by atoms with Gasteiger partial charge in [0, 0.05) is 24.4 Å². The lowest BCUT2D eigenvalue weighted by molar-refractivity contribution is -0.122. The van der Waals surface area contributed by atoms with Gasteiger partial charge in [-0.2, -0.15) is 0 Å². The molecular weight excluding hydrogens is 406 g/mol. The average Bonchev–Trinajstić information content (AvgIpc) is 3.14. The molecule has 4 N–H and O–H groups in total. The fourth-order valence-corrected chi connectivity index (χ4v) is 3.55. The molecule has 8 nitrogen and oxygen atoms in total. The molecule has 0 saturated heterocycles. The summed E-state index contributed by atoms with van der Waals surface area (Å²) in [7, 11) is 0. The Kier molecular flexibility index (Phi) is 6.32. The quantitative estimate of drug-likeness (QED) is 0.394. The van der Waals surface area contributed by atoms with E-state index in [2.05, 4.69) is 15.3 Å². The number of amides is 1. The number of nitrogens with one attached hydrogen (secondary N) is 1. The summed E-state index contributed by atoms with van der Waals surface area (Å²) in [5.41, 5.74) is 8.50. The molecule has 4 aromatic rings. The highest BCUT2D eigenvalue weighted by atomic mass is 16.5. The highest BCUT2D eigenvalue weighted by molar-refractivity contribution is 6.01. The zero-order valence-corrected chi connectivity index (χ0v) is 17.7. The van der Waals surface area contributed by atoms with E-state index in [-0.39, 0.29) is 25.1 Å². The maximum atomic E-state index is 12.5. The molecule has 0 bridgehead atoms. The van der Waals surface area contributed by atoms with E-state index in [1.807, 2.05) is 67.7 Å². The summed E-state index contributed by atoms with van der Waals surface area (Å²) < 4.78 is 7.63. The largest absolute Gasteiger partial charge is 0.457 e. The van der Waals surface area contributed by atoms with Gasteiger partial charge in [-0.1, -0.05) is 30.3 Å². The summed E-state index contributed by atoms with van der Waals surface area (Å²) in [6.07, 6.45) is 3.75. The second-order valence-corrected chi connectivity index (χ2v) is 7.55. The second kappa shape index (κ2) is 9.49. The lowest BCUT2D eigenvalue weighted by Gasteiger charge is -2.13. The number of aromatic nitrogens is 3. The molecule has 0 aliphatic rings. The summed E-state index contributed by atoms with van der Waals surface area (Å²) >= 11 is 0. The van der Waals surface area contributed by atoms with E-state index in [1.165, 1.54) is 6.33 Å². The molecule has 2 aromatic carbocycles. The molecule has 8 heteroatoms. The van der Waals surface area contributed by atoms with Crippen molar-refractivity contribution in [1.29, 1.82) is 0 Å². The van der Waals surface area contributed by atoms with Gasteiger partial charge in [0.1, 0.15) is 35.8 Å². The molecule has 0 aliphatic heterocycles. The highest BCUT2D eigenvalue weighted by Crippen LogP contribution is 2.34. The third kappa shape index (κ3) is 4.70. The lowest BCUT2D eigenvalue weighted by Crippen LogP contribution is -2.35. The van der Waals surface area contributed by atoms with Crippen LogP contribution in [-0.4, -0.2) is 38.2 Å². The maximum Gasteiger partial charge on any atom is 0.240 e. The SMILES string of the molecule is CC(CCO)NC(=O)Cn1cc(-c2ccc(Oc3ccccc3)cc2)c2c(N)ncnc21. The fourth-order valence-electron chi connectivity index (χ4n) is 3.55. The molecule has 32 heavy (non-hydrogen) atoms. The van der Waals surface area contributed by atoms with Crippen molar-refractivity contribution in [1.82, 2.24) is 19.9 Å². The molecule has 0 fully saturated rings. The van der Waals surface area contributed by atoms with Crippen LogP contribution < -0.4 is 15.8 Å². The first-order chi connectivity index (χ1) is 15.5. The van der Waals surface area contributed by atoms with Gasteiger partial charge in [-0.25, -0.2) is 9.97 Å². The number of nitrogens with two attached hydrogens (primary N) is 1. The van der Waals surface area contributed by atoms with Crippen molar-refractivity contribution in [2.45, 2.75) is 25.9 Å². The molecule has 1 unspecified atom stereocenters. The van der Waals surface area contributed by atoms with E-state index in [9.17, 15) is 4.79 Å². The van der Waals surface area contributed by atoms with Crippen LogP contribution in [0.15, 0.2) is 67.1 Å². The number of para-hydroxylation sites is 1. The maximum absolute atomic E-state index is 12.5. The molecule has 164 valence electrons. The predicted molar refractivity (Wildman–Crippen MR) is 123 cm³/mol. The van der Waals surface area contributed by atoms with Crippen LogP contribution >= 0.6 is 0 Å². The number of hydrogen-bond acceptors (Lipinski definition) is 6. The number of anilines is 1. The Bertz CT molecular complexity index is 1210. The topological polar surface area (TPSA) is 115 Å². The van der Waals surface area contributed by atoms with Gasteiger partial charge in [-0.3, -0.25) is 4.79 Å². The number of fused-ring (bicyclic) bond motifs is 1. The van der Waals surface area contributed by atoms with E-state index >= 15 is 0 Å². The minimum atomic E-state index is -0.168. The number of nitrogen functional groups attached to an aromatic ring is 1. The van der Waals surface area contributed by atoms with Crippen molar-refractivity contribution >= 4 is 22.8 Å². The zero-order chi connectivity index (χ0) is 22.5. The van der Waals surface area contributed by atoms with E-state index in [1.54, 1.807) is 4.57 Å². The summed E-state index contributed by atoms with van der Waals surface area (Å²) in [4.78, 5) is 21.0. The average molecular weight is 431 g/mol. The van der Waals surface area contributed by atoms with Crippen LogP contribution in [0, 0.1) is 0 Å². The van der Waals surface area contributed by atoms with Crippen LogP contribution in [0.25, 0.3) is 22.2 Å². The van der Waals surface area contributed by atoms with E-state index in [4.69, 9.17) is 15.6 Å². The molecule has 2 heterocycles. The minimum Gasteiger partial charge on any atom is -0.457 e. The van der Waals surface area contributed by atoms with Crippen molar-refractivity contribution < 1.29 is 14.6 Å². The van der Waals surface area contributed by atoms with Crippen LogP contribution in [0.5, 0.6) is 11.5 Å². The van der Waals surface area contributed by atoms with Crippen molar-refractivity contribution in [2.24, 2.45) is 0 Å². The number of nitrogens with zero attached hydrogens (tertiary/aromatic N) is 3. The first-order valence-electron chi connectivity index (χ1n) is 10.4. The lowest BCUT2D eigenvalue weighted by atomic mass is 10.1. The van der Waals surface area contributed by atoms with Gasteiger partial charge in [0.25, 0.3) is 0 Å². The first kappa shape index (κ1) is 21.3. The Labute approximate surface area is 185 Å². The Hall–Kier alpha value is -3.91. The van der Waals surface area contributed by atoms with Gasteiger partial charge < -0.3 is 25.5 Å². The van der Waals surface area contributed by atoms with E-state index in [0.29, 0.717) is 29.0 Å². The van der Waals surface area contributed by atoms with Gasteiger partial charge in [-0.15, -0.1) is 0 Å². The molecular formula is C24H25N5O3. The van der Waals surface area contributed by atoms with E-state index < -0.39 is 0 Å². The standard InChI is InChI=1S/C24H25N5O3/c1-16(11-12-30)28-21(31)14-29-13-20(22-23(25)26-15-27-24(22)29)17-7-9-19(10-8-17)32-18-5-3-2-4-6-18/h2-10,13,15-16,30H,11-12,14H2,1H3,(H,28,31)(H2,25,26,27). The number of aliphatic hydroxyl groups excluding tert-OH is 1. The highest BCUT2D eigenvalue weighted by Gasteiger charge is 2.17. The molecule has 4 rings (SSSR count). The number of benzene rings is 2. The Balaban J connectivity index is 1.62. The van der Waals surface area contributed by atoms with Crippen LogP contribution in [-0.2, 0) is 11.3 Å². The van der Waals surface area contributed by atoms with Crippen molar-refractivity contribution in [2.75, 3.05) is 12.3 Å². The van der Waals surface area contributed by atoms with Crippen LogP contribution in [0.4, 0.5) is 5.82 Å². The molecule has 0 saturated carbocycles. The number of rotatable bonds is 8. The Morgan fingerprint density at radius 2 is 1.84 bits per heavy atom. The van der Waals surface area contributed by atoms with Crippen molar-refractivity contribution in [3.05, 3.63) is 67.1 Å². The third-order valence-electron chi connectivity index (χ3n) is 5.11. The van der Waals surface area contributed by atoms with Gasteiger partial charge in [0.2, 0.25) is 5.91 Å². The normalized spacial score (nSPS) is 11.9. The smallest absolute Gasteiger partial charge is 0.240 e. The molecule has 0 radical (unpaired) electrons. The van der Waals surface area contributed by atoms with E-state index in [0.717, 1.165) is 16.9 Å². The number of aliphatic hydroxyl groups is 1. The Morgan fingerprint density at radius 3 is 2.56 bits per heavy atom. The van der Waals surface area contributed by atoms with Crippen LogP contribution in [0.1, 0.15) is 13.3 Å². The first-order valence-corrected chi connectivity index (χ1v) is 10.4. The molecule has 0 spiro atoms. The van der Waals surface area contributed by atoms with Crippen molar-refractivity contribution in [3.63, 3.8) is 0 Å². The summed E-state index contributed by atoms with van der Waals surface area (Å²) in [5, 5.41) is 12.6. The summed E-state index contributed by atoms with van der Waals surface area (Å²) in [6.45, 7) is 1.95. The third-order valence-corrected chi connectivity index (χ3v) is 5.11. The predicted octanol–water partition coefficient (Wildman–Crippen LogP) is 3.36. The fraction of sp³-hybridized carbons (Fsp3) is 0.208. The number of hydrogen-bond donors (Lipinski definition) is 3. The molecule has 0 aliphatic carbocycles. The number of carbonyl (C=O) groups is 1. The summed E-state index contributed by atoms with van der Waals surface area (Å²) in [6, 6.07) is 17.1. The molecule has 2 aromatic heterocycles. The zero-order valence-electron chi connectivity index (χ0n) is 17.7. The van der Waals surface area contributed by atoms with Crippen LogP contribution in [0.2, 0.25) is 0 Å². The second-order valence-electron chi connectivity index (χ2n) is 7.55. The molecule has 1 atom stereocenters. The van der Waals surface area contributed by atoms with Gasteiger partial charge in [0.15, 0.2) is 0 Å². The number of ether oxygens (including phenoxy) is 1. The monoisotopic (exact) mass is 431 g/mol. The summed E-state index contributed by atoms with van der Waals surface area (Å²) in [5.74, 6) is 1.65.